The predicted octanol–water partition coefficient (Wildman–Crippen LogP) is 7.55. The van der Waals surface area contributed by atoms with E-state index in [1.165, 1.54) is 48.0 Å². The van der Waals surface area contributed by atoms with E-state index in [9.17, 15) is 0 Å². The first-order valence-corrected chi connectivity index (χ1v) is 14.3. The molecule has 1 fully saturated rings. The van der Waals surface area contributed by atoms with Crippen molar-refractivity contribution in [1.29, 1.82) is 0 Å². The van der Waals surface area contributed by atoms with E-state index in [0.717, 1.165) is 5.92 Å². The molecule has 0 N–H and O–H groups in total. The van der Waals surface area contributed by atoms with Crippen LogP contribution in [-0.4, -0.2) is 8.07 Å². The van der Waals surface area contributed by atoms with E-state index in [4.69, 9.17) is 6.58 Å². The highest BCUT2D eigenvalue weighted by Gasteiger charge is 2.52. The highest BCUT2D eigenvalue weighted by Crippen LogP contribution is 2.61. The highest BCUT2D eigenvalue weighted by atomic mass is 28.3. The molecule has 2 aromatic rings. The van der Waals surface area contributed by atoms with Gasteiger partial charge >= 0.3 is 0 Å². The van der Waals surface area contributed by atoms with Crippen LogP contribution < -0.4 is 0 Å². The summed E-state index contributed by atoms with van der Waals surface area (Å²) in [4.78, 5) is 0. The van der Waals surface area contributed by atoms with E-state index < -0.39 is 8.07 Å². The summed E-state index contributed by atoms with van der Waals surface area (Å²) in [5.41, 5.74) is 6.18. The van der Waals surface area contributed by atoms with Crippen LogP contribution in [0.5, 0.6) is 0 Å². The van der Waals surface area contributed by atoms with Gasteiger partial charge < -0.3 is 0 Å². The summed E-state index contributed by atoms with van der Waals surface area (Å²) in [5, 5.41) is 1.74. The molecule has 1 heteroatoms. The first-order valence-electron chi connectivity index (χ1n) is 10.8. The maximum absolute atomic E-state index is 4.76. The van der Waals surface area contributed by atoms with Crippen molar-refractivity contribution in [2.24, 2.45) is 17.3 Å². The molecule has 0 aromatic heterocycles. The molecule has 0 aliphatic heterocycles. The van der Waals surface area contributed by atoms with Crippen LogP contribution in [0, 0.1) is 17.3 Å². The molecule has 3 atom stereocenters. The van der Waals surface area contributed by atoms with Gasteiger partial charge in [-0.05, 0) is 65.2 Å². The van der Waals surface area contributed by atoms with E-state index in [1.807, 2.05) is 0 Å². The summed E-state index contributed by atoms with van der Waals surface area (Å²) in [7, 11) is -1.47. The average molecular weight is 387 g/mol. The lowest BCUT2D eigenvalue weighted by atomic mass is 9.63. The molecule has 0 nitrogen and oxygen atoms in total. The van der Waals surface area contributed by atoms with Crippen LogP contribution in [0.2, 0.25) is 19.6 Å². The lowest BCUT2D eigenvalue weighted by Crippen LogP contribution is -2.40. The second-order valence-corrected chi connectivity index (χ2v) is 15.4. The summed E-state index contributed by atoms with van der Waals surface area (Å²) in [6.45, 7) is 14.8. The van der Waals surface area contributed by atoms with Gasteiger partial charge in [-0.1, -0.05) is 99.0 Å². The molecule has 2 aliphatic rings. The van der Waals surface area contributed by atoms with Crippen molar-refractivity contribution in [3.8, 4) is 0 Å². The zero-order valence-corrected chi connectivity index (χ0v) is 19.0. The molecule has 2 aromatic carbocycles. The van der Waals surface area contributed by atoms with Crippen molar-refractivity contribution in [2.45, 2.75) is 52.2 Å². The Morgan fingerprint density at radius 2 is 1.57 bits per heavy atom. The van der Waals surface area contributed by atoms with Crippen LogP contribution >= 0.6 is 0 Å². The van der Waals surface area contributed by atoms with E-state index in [1.54, 1.807) is 5.20 Å². The Hall–Kier alpha value is -1.86. The molecule has 0 saturated heterocycles. The van der Waals surface area contributed by atoms with Gasteiger partial charge in [-0.15, -0.1) is 0 Å². The van der Waals surface area contributed by atoms with Gasteiger partial charge in [0.15, 0.2) is 0 Å². The molecule has 0 bridgehead atoms. The molecule has 0 radical (unpaired) electrons. The monoisotopic (exact) mass is 386 g/mol. The minimum Gasteiger partial charge on any atom is -0.0949 e. The van der Waals surface area contributed by atoms with Gasteiger partial charge in [-0.25, -0.2) is 0 Å². The van der Waals surface area contributed by atoms with Gasteiger partial charge in [-0.3, -0.25) is 0 Å². The number of rotatable bonds is 4. The number of allylic oxidation sites excluding steroid dienone is 3. The molecule has 0 heterocycles. The average Bonchev–Trinajstić information content (AvgIpc) is 2.99. The Morgan fingerprint density at radius 1 is 0.964 bits per heavy atom. The van der Waals surface area contributed by atoms with Gasteiger partial charge in [0.2, 0.25) is 0 Å². The van der Waals surface area contributed by atoms with Crippen molar-refractivity contribution in [3.05, 3.63) is 89.1 Å². The lowest BCUT2D eigenvalue weighted by Gasteiger charge is -2.46. The van der Waals surface area contributed by atoms with Crippen LogP contribution in [-0.2, 0) is 6.42 Å². The number of hydrogen-bond donors (Lipinski definition) is 0. The Kier molecular flexibility index (Phi) is 4.99. The Bertz CT molecular complexity index is 885. The Labute approximate surface area is 172 Å². The Morgan fingerprint density at radius 3 is 2.18 bits per heavy atom. The number of hydrogen-bond acceptors (Lipinski definition) is 0. The molecule has 0 unspecified atom stereocenters. The van der Waals surface area contributed by atoms with Gasteiger partial charge in [0, 0.05) is 0 Å². The maximum atomic E-state index is 4.76. The molecule has 4 rings (SSSR count). The normalized spacial score (nSPS) is 27.8. The predicted molar refractivity (Wildman–Crippen MR) is 125 cm³/mol. The molecule has 1 saturated carbocycles. The third-order valence-corrected chi connectivity index (χ3v) is 9.31. The van der Waals surface area contributed by atoms with Crippen LogP contribution in [0.4, 0.5) is 0 Å². The molecule has 0 amide bonds. The fourth-order valence-electron chi connectivity index (χ4n) is 5.95. The maximum Gasteiger partial charge on any atom is 0.0732 e. The smallest absolute Gasteiger partial charge is 0.0732 e. The standard InChI is InChI=1S/C27H34Si/c1-20-16-24-21(2)26(23-14-10-7-11-15-23)25(28(3,4)5)19-27(24,17-20)18-22-12-8-6-9-13-22/h6-15,20,24H,2,16-19H2,1,3-5H3/t20-,24+,27-/m0/s1. The fraction of sp³-hybridized carbons (Fsp3) is 0.407. The van der Waals surface area contributed by atoms with E-state index in [2.05, 4.69) is 87.2 Å². The second-order valence-electron chi connectivity index (χ2n) is 10.3. The van der Waals surface area contributed by atoms with E-state index >= 15 is 0 Å². The van der Waals surface area contributed by atoms with Crippen molar-refractivity contribution in [1.82, 2.24) is 0 Å². The Balaban J connectivity index is 1.85. The van der Waals surface area contributed by atoms with Gasteiger partial charge in [0.1, 0.15) is 0 Å². The molecule has 146 valence electrons. The summed E-state index contributed by atoms with van der Waals surface area (Å²) < 4.78 is 0. The molecule has 2 aliphatic carbocycles. The highest BCUT2D eigenvalue weighted by molar-refractivity contribution is 6.84. The molecule has 0 spiro atoms. The third-order valence-electron chi connectivity index (χ3n) is 7.07. The van der Waals surface area contributed by atoms with Crippen LogP contribution in [0.25, 0.3) is 5.57 Å². The largest absolute Gasteiger partial charge is 0.0949 e. The van der Waals surface area contributed by atoms with Crippen molar-refractivity contribution in [2.75, 3.05) is 0 Å². The zero-order valence-electron chi connectivity index (χ0n) is 18.0. The van der Waals surface area contributed by atoms with Gasteiger partial charge in [0.25, 0.3) is 0 Å². The quantitative estimate of drug-likeness (QED) is 0.476. The molecular weight excluding hydrogens is 352 g/mol. The van der Waals surface area contributed by atoms with Crippen LogP contribution in [0.1, 0.15) is 37.3 Å². The second kappa shape index (κ2) is 7.19. The van der Waals surface area contributed by atoms with Crippen LogP contribution in [0.15, 0.2) is 78.0 Å². The summed E-state index contributed by atoms with van der Waals surface area (Å²) in [6, 6.07) is 22.2. The molecule has 28 heavy (non-hydrogen) atoms. The van der Waals surface area contributed by atoms with Gasteiger partial charge in [0.05, 0.1) is 8.07 Å². The minimum atomic E-state index is -1.47. The zero-order chi connectivity index (χ0) is 19.9. The number of fused-ring (bicyclic) bond motifs is 1. The van der Waals surface area contributed by atoms with Gasteiger partial charge in [-0.2, -0.15) is 0 Å². The van der Waals surface area contributed by atoms with E-state index in [0.29, 0.717) is 11.3 Å². The fourth-order valence-corrected chi connectivity index (χ4v) is 7.89. The summed E-state index contributed by atoms with van der Waals surface area (Å²) >= 11 is 0. The van der Waals surface area contributed by atoms with Crippen molar-refractivity contribution in [3.63, 3.8) is 0 Å². The third kappa shape index (κ3) is 3.46. The summed E-state index contributed by atoms with van der Waals surface area (Å²) in [6.07, 6.45) is 5.08. The SMILES string of the molecule is C=C1C(c2ccccc2)=C([Si](C)(C)C)C[C@@]2(Cc3ccccc3)C[C@@H](C)C[C@H]12. The minimum absolute atomic E-state index is 0.353. The lowest BCUT2D eigenvalue weighted by molar-refractivity contribution is 0.221. The number of benzene rings is 2. The van der Waals surface area contributed by atoms with Crippen molar-refractivity contribution < 1.29 is 0 Å². The topological polar surface area (TPSA) is 0 Å². The van der Waals surface area contributed by atoms with E-state index in [-0.39, 0.29) is 0 Å². The summed E-state index contributed by atoms with van der Waals surface area (Å²) in [5.74, 6) is 1.39. The van der Waals surface area contributed by atoms with Crippen LogP contribution in [0.3, 0.4) is 0 Å². The first kappa shape index (κ1) is 19.5. The van der Waals surface area contributed by atoms with Crippen molar-refractivity contribution >= 4 is 13.6 Å². The first-order chi connectivity index (χ1) is 13.3. The molecular formula is C27H34Si.